The van der Waals surface area contributed by atoms with Gasteiger partial charge in [-0.3, -0.25) is 4.79 Å². The van der Waals surface area contributed by atoms with E-state index in [1.54, 1.807) is 24.8 Å². The number of ether oxygens (including phenoxy) is 2. The average Bonchev–Trinajstić information content (AvgIpc) is 2.76. The molecule has 1 aromatic carbocycles. The lowest BCUT2D eigenvalue weighted by Gasteiger charge is -2.22. The van der Waals surface area contributed by atoms with Crippen LogP contribution in [0.1, 0.15) is 36.2 Å². The Balaban J connectivity index is 1.97. The van der Waals surface area contributed by atoms with E-state index < -0.39 is 11.7 Å². The second-order valence-corrected chi connectivity index (χ2v) is 7.05. The Kier molecular flexibility index (Phi) is 3.98. The average molecular weight is 321 g/mol. The van der Waals surface area contributed by atoms with E-state index in [4.69, 9.17) is 9.47 Å². The minimum absolute atomic E-state index is 0.0717. The maximum atomic E-state index is 12.9. The maximum absolute atomic E-state index is 12.9. The van der Waals surface area contributed by atoms with Crippen LogP contribution in [0.2, 0.25) is 0 Å². The van der Waals surface area contributed by atoms with Crippen LogP contribution in [0.3, 0.4) is 0 Å². The van der Waals surface area contributed by atoms with Gasteiger partial charge in [0.05, 0.1) is 17.7 Å². The Hall–Kier alpha value is -1.79. The number of hydrogen-bond donors (Lipinski definition) is 2. The van der Waals surface area contributed by atoms with Gasteiger partial charge < -0.3 is 24.6 Å². The van der Waals surface area contributed by atoms with E-state index in [9.17, 15) is 15.0 Å². The zero-order chi connectivity index (χ0) is 16.8. The number of fused-ring (bicyclic) bond motifs is 2. The number of aliphatic hydroxyl groups excluding tert-OH is 1. The molecule has 1 aromatic rings. The summed E-state index contributed by atoms with van der Waals surface area (Å²) in [6.45, 7) is 5.94. The van der Waals surface area contributed by atoms with Gasteiger partial charge in [-0.1, -0.05) is 0 Å². The van der Waals surface area contributed by atoms with Gasteiger partial charge in [-0.15, -0.1) is 0 Å². The summed E-state index contributed by atoms with van der Waals surface area (Å²) < 4.78 is 11.5. The monoisotopic (exact) mass is 321 g/mol. The molecule has 1 saturated heterocycles. The van der Waals surface area contributed by atoms with Crippen LogP contribution in [-0.4, -0.2) is 58.5 Å². The fraction of sp³-hybridized carbons (Fsp3) is 0.588. The van der Waals surface area contributed by atoms with Crippen molar-refractivity contribution in [1.29, 1.82) is 0 Å². The summed E-state index contributed by atoms with van der Waals surface area (Å²) in [4.78, 5) is 14.6. The lowest BCUT2D eigenvalue weighted by Crippen LogP contribution is -2.37. The minimum atomic E-state index is -1.00. The molecule has 0 aliphatic carbocycles. The van der Waals surface area contributed by atoms with E-state index in [0.717, 1.165) is 5.56 Å². The third-order valence-electron chi connectivity index (χ3n) is 4.09. The van der Waals surface area contributed by atoms with Crippen LogP contribution in [0, 0.1) is 6.92 Å². The molecule has 23 heavy (non-hydrogen) atoms. The van der Waals surface area contributed by atoms with E-state index in [-0.39, 0.29) is 18.6 Å². The first-order valence-electron chi connectivity index (χ1n) is 7.86. The molecular formula is C17H23NO5. The van der Waals surface area contributed by atoms with Crippen molar-refractivity contribution in [2.24, 2.45) is 0 Å². The van der Waals surface area contributed by atoms with Gasteiger partial charge >= 0.3 is 0 Å². The summed E-state index contributed by atoms with van der Waals surface area (Å²) in [5, 5.41) is 19.7. The van der Waals surface area contributed by atoms with Crippen LogP contribution < -0.4 is 9.47 Å². The van der Waals surface area contributed by atoms with Crippen molar-refractivity contribution >= 4 is 5.91 Å². The molecule has 6 nitrogen and oxygen atoms in total. The van der Waals surface area contributed by atoms with Gasteiger partial charge in [0, 0.05) is 6.54 Å². The number of amides is 1. The number of aliphatic hydroxyl groups is 2. The third kappa shape index (κ3) is 3.28. The smallest absolute Gasteiger partial charge is 0.261 e. The predicted molar refractivity (Wildman–Crippen MR) is 83.9 cm³/mol. The van der Waals surface area contributed by atoms with Gasteiger partial charge in [-0.05, 0) is 44.9 Å². The number of carbonyl (C=O) groups excluding carboxylic acids is 1. The first-order chi connectivity index (χ1) is 10.7. The standard InChI is InChI=1S/C17H23NO5/c1-10-4-13-15(14(5-10)23-9-17(2,3)21)16(20)18-7-12(19)6-11(18)8-22-13/h4-5,11-12,19,21H,6-9H2,1-3H3/t11-,12+/m1/s1. The van der Waals surface area contributed by atoms with Crippen LogP contribution >= 0.6 is 0 Å². The summed E-state index contributed by atoms with van der Waals surface area (Å²) in [5.74, 6) is 0.726. The van der Waals surface area contributed by atoms with Gasteiger partial charge in [-0.25, -0.2) is 0 Å². The maximum Gasteiger partial charge on any atom is 0.261 e. The number of hydrogen-bond acceptors (Lipinski definition) is 5. The van der Waals surface area contributed by atoms with Crippen molar-refractivity contribution in [1.82, 2.24) is 4.90 Å². The normalized spacial score (nSPS) is 23.9. The van der Waals surface area contributed by atoms with Crippen molar-refractivity contribution < 1.29 is 24.5 Å². The first-order valence-corrected chi connectivity index (χ1v) is 7.86. The Morgan fingerprint density at radius 2 is 2.17 bits per heavy atom. The minimum Gasteiger partial charge on any atom is -0.490 e. The van der Waals surface area contributed by atoms with Gasteiger partial charge in [0.25, 0.3) is 5.91 Å². The molecule has 3 rings (SSSR count). The highest BCUT2D eigenvalue weighted by atomic mass is 16.5. The zero-order valence-corrected chi connectivity index (χ0v) is 13.7. The molecule has 1 fully saturated rings. The van der Waals surface area contributed by atoms with Gasteiger partial charge in [0.1, 0.15) is 30.3 Å². The molecule has 2 atom stereocenters. The fourth-order valence-corrected chi connectivity index (χ4v) is 3.04. The van der Waals surface area contributed by atoms with Crippen molar-refractivity contribution in [3.05, 3.63) is 23.3 Å². The molecule has 2 heterocycles. The molecule has 0 saturated carbocycles. The number of nitrogens with zero attached hydrogens (tertiary/aromatic N) is 1. The van der Waals surface area contributed by atoms with Crippen molar-refractivity contribution in [3.63, 3.8) is 0 Å². The molecule has 6 heteroatoms. The zero-order valence-electron chi connectivity index (χ0n) is 13.7. The molecule has 0 bridgehead atoms. The fourth-order valence-electron chi connectivity index (χ4n) is 3.04. The molecule has 2 aliphatic heterocycles. The van der Waals surface area contributed by atoms with Crippen LogP contribution in [0.15, 0.2) is 12.1 Å². The Morgan fingerprint density at radius 3 is 2.87 bits per heavy atom. The summed E-state index contributed by atoms with van der Waals surface area (Å²) in [7, 11) is 0. The molecule has 0 radical (unpaired) electrons. The predicted octanol–water partition coefficient (Wildman–Crippen LogP) is 1.11. The van der Waals surface area contributed by atoms with Crippen LogP contribution in [0.5, 0.6) is 11.5 Å². The molecule has 2 N–H and O–H groups in total. The number of rotatable bonds is 3. The van der Waals surface area contributed by atoms with Crippen molar-refractivity contribution in [3.8, 4) is 11.5 Å². The van der Waals surface area contributed by atoms with Gasteiger partial charge in [-0.2, -0.15) is 0 Å². The highest BCUT2D eigenvalue weighted by molar-refractivity contribution is 6.00. The SMILES string of the molecule is Cc1cc2c(c(OCC(C)(C)O)c1)C(=O)N1C[C@@H](O)C[C@@H]1CO2. The number of aryl methyl sites for hydroxylation is 1. The van der Waals surface area contributed by atoms with E-state index >= 15 is 0 Å². The molecule has 2 aliphatic rings. The second-order valence-electron chi connectivity index (χ2n) is 7.05. The Labute approximate surface area is 135 Å². The lowest BCUT2D eigenvalue weighted by atomic mass is 10.1. The lowest BCUT2D eigenvalue weighted by molar-refractivity contribution is 0.0277. The van der Waals surface area contributed by atoms with Crippen LogP contribution in [0.25, 0.3) is 0 Å². The molecular weight excluding hydrogens is 298 g/mol. The number of benzene rings is 1. The molecule has 0 aromatic heterocycles. The largest absolute Gasteiger partial charge is 0.490 e. The highest BCUT2D eigenvalue weighted by Gasteiger charge is 2.40. The van der Waals surface area contributed by atoms with E-state index in [1.165, 1.54) is 0 Å². The Bertz CT molecular complexity index is 622. The summed E-state index contributed by atoms with van der Waals surface area (Å²) in [6.07, 6.45) is 0.0127. The highest BCUT2D eigenvalue weighted by Crippen LogP contribution is 2.37. The Morgan fingerprint density at radius 1 is 1.43 bits per heavy atom. The molecule has 0 spiro atoms. The van der Waals surface area contributed by atoms with Crippen molar-refractivity contribution in [2.45, 2.75) is 44.9 Å². The molecule has 126 valence electrons. The van der Waals surface area contributed by atoms with E-state index in [2.05, 4.69) is 0 Å². The van der Waals surface area contributed by atoms with Gasteiger partial charge in [0.2, 0.25) is 0 Å². The summed E-state index contributed by atoms with van der Waals surface area (Å²) in [6, 6.07) is 3.48. The molecule has 1 amide bonds. The van der Waals surface area contributed by atoms with Crippen LogP contribution in [0.4, 0.5) is 0 Å². The third-order valence-corrected chi connectivity index (χ3v) is 4.09. The molecule has 0 unspecified atom stereocenters. The van der Waals surface area contributed by atoms with Crippen molar-refractivity contribution in [2.75, 3.05) is 19.8 Å². The van der Waals surface area contributed by atoms with E-state index in [0.29, 0.717) is 36.6 Å². The first kappa shape index (κ1) is 16.1. The second kappa shape index (κ2) is 5.69. The summed E-state index contributed by atoms with van der Waals surface area (Å²) >= 11 is 0. The topological polar surface area (TPSA) is 79.2 Å². The number of carbonyl (C=O) groups is 1. The summed E-state index contributed by atoms with van der Waals surface area (Å²) in [5.41, 5.74) is 0.290. The van der Waals surface area contributed by atoms with Gasteiger partial charge in [0.15, 0.2) is 0 Å². The van der Waals surface area contributed by atoms with Crippen LogP contribution in [-0.2, 0) is 0 Å². The van der Waals surface area contributed by atoms with E-state index in [1.807, 2.05) is 13.0 Å². The quantitative estimate of drug-likeness (QED) is 0.872.